The maximum atomic E-state index is 9.14. The zero-order chi connectivity index (χ0) is 8.27. The van der Waals surface area contributed by atoms with Crippen LogP contribution in [0.5, 0.6) is 0 Å². The first-order valence-electron chi connectivity index (χ1n) is 3.36. The van der Waals surface area contributed by atoms with Gasteiger partial charge in [-0.25, -0.2) is 0 Å². The van der Waals surface area contributed by atoms with Gasteiger partial charge in [0.1, 0.15) is 18.3 Å². The highest BCUT2D eigenvalue weighted by Crippen LogP contribution is 2.11. The van der Waals surface area contributed by atoms with Crippen LogP contribution in [-0.2, 0) is 4.74 Å². The molecule has 0 unspecified atom stereocenters. The SMILES string of the molecule is C#C[C@@H]1C=C[C@H](O)[C@@H](CO)O1. The Bertz CT molecular complexity index is 192. The van der Waals surface area contributed by atoms with E-state index >= 15 is 0 Å². The molecular formula is C8H10O3. The summed E-state index contributed by atoms with van der Waals surface area (Å²) in [6.45, 7) is -0.219. The lowest BCUT2D eigenvalue weighted by Crippen LogP contribution is -2.37. The van der Waals surface area contributed by atoms with Crippen LogP contribution in [0.3, 0.4) is 0 Å². The van der Waals surface area contributed by atoms with Crippen LogP contribution in [0.4, 0.5) is 0 Å². The molecule has 0 amide bonds. The Balaban J connectivity index is 2.61. The number of hydrogen-bond acceptors (Lipinski definition) is 3. The van der Waals surface area contributed by atoms with Crippen molar-refractivity contribution in [3.8, 4) is 12.3 Å². The van der Waals surface area contributed by atoms with Gasteiger partial charge in [-0.3, -0.25) is 0 Å². The third-order valence-corrected chi connectivity index (χ3v) is 1.53. The van der Waals surface area contributed by atoms with E-state index in [1.54, 1.807) is 6.08 Å². The van der Waals surface area contributed by atoms with Gasteiger partial charge in [-0.05, 0) is 6.08 Å². The minimum Gasteiger partial charge on any atom is -0.394 e. The summed E-state index contributed by atoms with van der Waals surface area (Å²) in [5, 5.41) is 17.8. The lowest BCUT2D eigenvalue weighted by molar-refractivity contribution is -0.0629. The van der Waals surface area contributed by atoms with E-state index in [2.05, 4.69) is 5.92 Å². The second-order valence-corrected chi connectivity index (χ2v) is 2.32. The smallest absolute Gasteiger partial charge is 0.137 e. The second kappa shape index (κ2) is 3.54. The number of hydrogen-bond donors (Lipinski definition) is 2. The molecule has 3 atom stereocenters. The minimum atomic E-state index is -0.746. The topological polar surface area (TPSA) is 49.7 Å². The van der Waals surface area contributed by atoms with Crippen LogP contribution in [0.2, 0.25) is 0 Å². The number of aliphatic hydroxyl groups is 2. The van der Waals surface area contributed by atoms with Crippen LogP contribution in [0.25, 0.3) is 0 Å². The first-order chi connectivity index (χ1) is 5.27. The predicted molar refractivity (Wildman–Crippen MR) is 39.7 cm³/mol. The van der Waals surface area contributed by atoms with Gasteiger partial charge >= 0.3 is 0 Å². The number of ether oxygens (including phenoxy) is 1. The monoisotopic (exact) mass is 154 g/mol. The molecule has 0 radical (unpaired) electrons. The van der Waals surface area contributed by atoms with Gasteiger partial charge in [0.05, 0.1) is 6.61 Å². The van der Waals surface area contributed by atoms with Crippen molar-refractivity contribution in [3.05, 3.63) is 12.2 Å². The Morgan fingerprint density at radius 1 is 1.55 bits per heavy atom. The van der Waals surface area contributed by atoms with Gasteiger partial charge in [0, 0.05) is 0 Å². The van der Waals surface area contributed by atoms with Crippen LogP contribution in [0, 0.1) is 12.3 Å². The average molecular weight is 154 g/mol. The molecule has 1 rings (SSSR count). The molecule has 1 heterocycles. The van der Waals surface area contributed by atoms with Crippen LogP contribution < -0.4 is 0 Å². The molecule has 0 fully saturated rings. The molecule has 0 spiro atoms. The molecule has 60 valence electrons. The van der Waals surface area contributed by atoms with Gasteiger partial charge in [0.2, 0.25) is 0 Å². The zero-order valence-corrected chi connectivity index (χ0v) is 5.97. The Morgan fingerprint density at radius 2 is 2.27 bits per heavy atom. The summed E-state index contributed by atoms with van der Waals surface area (Å²) in [7, 11) is 0. The van der Waals surface area contributed by atoms with Crippen LogP contribution in [0.1, 0.15) is 0 Å². The summed E-state index contributed by atoms with van der Waals surface area (Å²) in [5.74, 6) is 2.36. The summed E-state index contributed by atoms with van der Waals surface area (Å²) < 4.78 is 5.07. The molecule has 0 bridgehead atoms. The molecule has 0 aromatic rings. The van der Waals surface area contributed by atoms with Gasteiger partial charge in [0.15, 0.2) is 0 Å². The zero-order valence-electron chi connectivity index (χ0n) is 5.97. The maximum Gasteiger partial charge on any atom is 0.137 e. The van der Waals surface area contributed by atoms with E-state index < -0.39 is 18.3 Å². The highest BCUT2D eigenvalue weighted by Gasteiger charge is 2.23. The molecule has 1 aliphatic rings. The van der Waals surface area contributed by atoms with E-state index in [0.717, 1.165) is 0 Å². The van der Waals surface area contributed by atoms with Gasteiger partial charge in [-0.15, -0.1) is 6.42 Å². The Morgan fingerprint density at radius 3 is 2.82 bits per heavy atom. The molecular weight excluding hydrogens is 144 g/mol. The minimum absolute atomic E-state index is 0.219. The van der Waals surface area contributed by atoms with Crippen molar-refractivity contribution in [2.75, 3.05) is 6.61 Å². The third kappa shape index (κ3) is 1.81. The fourth-order valence-electron chi connectivity index (χ4n) is 0.899. The van der Waals surface area contributed by atoms with Crippen LogP contribution >= 0.6 is 0 Å². The highest BCUT2D eigenvalue weighted by atomic mass is 16.5. The van der Waals surface area contributed by atoms with E-state index in [9.17, 15) is 0 Å². The van der Waals surface area contributed by atoms with Crippen molar-refractivity contribution in [3.63, 3.8) is 0 Å². The van der Waals surface area contributed by atoms with Crippen molar-refractivity contribution >= 4 is 0 Å². The van der Waals surface area contributed by atoms with Crippen molar-refractivity contribution in [2.45, 2.75) is 18.3 Å². The molecule has 2 N–H and O–H groups in total. The Hall–Kier alpha value is -0.820. The molecule has 1 aliphatic heterocycles. The molecule has 0 saturated heterocycles. The molecule has 0 aromatic heterocycles. The van der Waals surface area contributed by atoms with Gasteiger partial charge < -0.3 is 14.9 Å². The summed E-state index contributed by atoms with van der Waals surface area (Å²) in [4.78, 5) is 0. The van der Waals surface area contributed by atoms with Crippen molar-refractivity contribution in [1.29, 1.82) is 0 Å². The summed E-state index contributed by atoms with van der Waals surface area (Å²) in [6.07, 6.45) is 6.46. The fraction of sp³-hybridized carbons (Fsp3) is 0.500. The van der Waals surface area contributed by atoms with E-state index in [1.807, 2.05) is 0 Å². The number of rotatable bonds is 1. The summed E-state index contributed by atoms with van der Waals surface area (Å²) >= 11 is 0. The summed E-state index contributed by atoms with van der Waals surface area (Å²) in [5.41, 5.74) is 0. The number of aliphatic hydroxyl groups excluding tert-OH is 2. The Labute approximate surface area is 65.3 Å². The average Bonchev–Trinajstić information content (AvgIpc) is 2.05. The first-order valence-corrected chi connectivity index (χ1v) is 3.36. The van der Waals surface area contributed by atoms with E-state index in [4.69, 9.17) is 21.4 Å². The second-order valence-electron chi connectivity index (χ2n) is 2.32. The fourth-order valence-corrected chi connectivity index (χ4v) is 0.899. The Kier molecular flexibility index (Phi) is 2.66. The van der Waals surface area contributed by atoms with Crippen molar-refractivity contribution in [1.82, 2.24) is 0 Å². The van der Waals surface area contributed by atoms with Gasteiger partial charge in [-0.1, -0.05) is 12.0 Å². The van der Waals surface area contributed by atoms with Crippen LogP contribution in [0.15, 0.2) is 12.2 Å². The predicted octanol–water partition coefficient (Wildman–Crippen LogP) is -0.704. The van der Waals surface area contributed by atoms with E-state index in [0.29, 0.717) is 0 Å². The lowest BCUT2D eigenvalue weighted by atomic mass is 10.1. The molecule has 0 aromatic carbocycles. The molecule has 0 aliphatic carbocycles. The maximum absolute atomic E-state index is 9.14. The molecule has 11 heavy (non-hydrogen) atoms. The highest BCUT2D eigenvalue weighted by molar-refractivity contribution is 5.13. The third-order valence-electron chi connectivity index (χ3n) is 1.53. The van der Waals surface area contributed by atoms with Gasteiger partial charge in [0.25, 0.3) is 0 Å². The molecule has 3 heteroatoms. The summed E-state index contributed by atoms with van der Waals surface area (Å²) in [6, 6.07) is 0. The van der Waals surface area contributed by atoms with Crippen molar-refractivity contribution in [2.24, 2.45) is 0 Å². The van der Waals surface area contributed by atoms with Crippen molar-refractivity contribution < 1.29 is 14.9 Å². The van der Waals surface area contributed by atoms with E-state index in [1.165, 1.54) is 6.08 Å². The standard InChI is InChI=1S/C8H10O3/c1-2-6-3-4-7(10)8(5-9)11-6/h1,3-4,6-10H,5H2/t6-,7+,8-/m1/s1. The van der Waals surface area contributed by atoms with E-state index in [-0.39, 0.29) is 6.61 Å². The lowest BCUT2D eigenvalue weighted by Gasteiger charge is -2.25. The first kappa shape index (κ1) is 8.28. The largest absolute Gasteiger partial charge is 0.394 e. The molecule has 3 nitrogen and oxygen atoms in total. The van der Waals surface area contributed by atoms with Gasteiger partial charge in [-0.2, -0.15) is 0 Å². The quantitative estimate of drug-likeness (QED) is 0.388. The number of terminal acetylenes is 1. The molecule has 0 saturated carbocycles. The van der Waals surface area contributed by atoms with Crippen LogP contribution in [-0.4, -0.2) is 35.1 Å². The normalized spacial score (nSPS) is 36.6.